The molecule has 0 aliphatic rings. The quantitative estimate of drug-likeness (QED) is 0.747. The van der Waals surface area contributed by atoms with E-state index >= 15 is 0 Å². The van der Waals surface area contributed by atoms with E-state index in [1.807, 2.05) is 0 Å². The van der Waals surface area contributed by atoms with Crippen molar-refractivity contribution in [3.63, 3.8) is 0 Å². The minimum atomic E-state index is -1.21. The Hall–Kier alpha value is -1.92. The Kier molecular flexibility index (Phi) is 7.42. The summed E-state index contributed by atoms with van der Waals surface area (Å²) < 4.78 is 18.3. The largest absolute Gasteiger partial charge is 0.449 e. The molecule has 0 unspecified atom stereocenters. The van der Waals surface area contributed by atoms with Crippen LogP contribution >= 0.6 is 0 Å². The molecule has 1 heterocycles. The lowest BCUT2D eigenvalue weighted by Gasteiger charge is -2.06. The highest BCUT2D eigenvalue weighted by Crippen LogP contribution is 2.06. The highest BCUT2D eigenvalue weighted by Gasteiger charge is 2.11. The van der Waals surface area contributed by atoms with Gasteiger partial charge in [0.15, 0.2) is 0 Å². The maximum absolute atomic E-state index is 13.0. The van der Waals surface area contributed by atoms with Crippen LogP contribution in [0.15, 0.2) is 15.8 Å². The van der Waals surface area contributed by atoms with Gasteiger partial charge < -0.3 is 4.74 Å². The number of H-pyrrole nitrogens is 1. The van der Waals surface area contributed by atoms with Gasteiger partial charge in [-0.1, -0.05) is 45.4 Å². The third-order valence-corrected chi connectivity index (χ3v) is 3.07. The summed E-state index contributed by atoms with van der Waals surface area (Å²) in [4.78, 5) is 35.4. The molecule has 0 saturated carbocycles. The Morgan fingerprint density at radius 1 is 1.19 bits per heavy atom. The number of aromatic nitrogens is 2. The number of halogens is 1. The molecule has 7 heteroatoms. The average Bonchev–Trinajstić information content (AvgIpc) is 2.45. The second-order valence-electron chi connectivity index (χ2n) is 4.84. The Morgan fingerprint density at radius 3 is 2.48 bits per heavy atom. The lowest BCUT2D eigenvalue weighted by molar-refractivity contribution is 0.143. The Labute approximate surface area is 121 Å². The van der Waals surface area contributed by atoms with Crippen LogP contribution < -0.4 is 11.2 Å². The second kappa shape index (κ2) is 9.10. The van der Waals surface area contributed by atoms with Crippen molar-refractivity contribution in [2.24, 2.45) is 0 Å². The van der Waals surface area contributed by atoms with E-state index in [4.69, 9.17) is 4.74 Å². The minimum absolute atomic E-state index is 0.166. The molecular weight excluding hydrogens is 279 g/mol. The highest BCUT2D eigenvalue weighted by atomic mass is 19.1. The molecule has 6 nitrogen and oxygen atoms in total. The Morgan fingerprint density at radius 2 is 1.81 bits per heavy atom. The van der Waals surface area contributed by atoms with Crippen LogP contribution in [-0.2, 0) is 4.74 Å². The molecule has 118 valence electrons. The molecule has 0 amide bonds. The van der Waals surface area contributed by atoms with Crippen LogP contribution in [-0.4, -0.2) is 22.3 Å². The van der Waals surface area contributed by atoms with Gasteiger partial charge in [0.1, 0.15) is 0 Å². The van der Waals surface area contributed by atoms with E-state index in [0.717, 1.165) is 19.3 Å². The van der Waals surface area contributed by atoms with Crippen LogP contribution in [0.4, 0.5) is 9.18 Å². The maximum Gasteiger partial charge on any atom is 0.422 e. The second-order valence-corrected chi connectivity index (χ2v) is 4.84. The molecule has 1 N–H and O–H groups in total. The molecular formula is C14H21FN2O4. The number of hydrogen-bond acceptors (Lipinski definition) is 4. The molecule has 0 spiro atoms. The predicted octanol–water partition coefficient (Wildman–Crippen LogP) is 2.41. The minimum Gasteiger partial charge on any atom is -0.449 e. The monoisotopic (exact) mass is 300 g/mol. The first-order chi connectivity index (χ1) is 10.1. The van der Waals surface area contributed by atoms with Crippen LogP contribution in [0.5, 0.6) is 0 Å². The van der Waals surface area contributed by atoms with Crippen molar-refractivity contribution < 1.29 is 13.9 Å². The van der Waals surface area contributed by atoms with Gasteiger partial charge in [0.2, 0.25) is 5.82 Å². The summed E-state index contributed by atoms with van der Waals surface area (Å²) in [6.07, 6.45) is 7.05. The molecule has 0 aliphatic carbocycles. The average molecular weight is 300 g/mol. The topological polar surface area (TPSA) is 81.2 Å². The van der Waals surface area contributed by atoms with Gasteiger partial charge in [0.25, 0.3) is 5.56 Å². The summed E-state index contributed by atoms with van der Waals surface area (Å²) in [6, 6.07) is 0. The first-order valence-corrected chi connectivity index (χ1v) is 7.25. The van der Waals surface area contributed by atoms with Crippen LogP contribution in [0, 0.1) is 5.82 Å². The van der Waals surface area contributed by atoms with E-state index in [-0.39, 0.29) is 6.61 Å². The fraction of sp³-hybridized carbons (Fsp3) is 0.643. The van der Waals surface area contributed by atoms with Crippen LogP contribution in [0.3, 0.4) is 0 Å². The molecule has 21 heavy (non-hydrogen) atoms. The van der Waals surface area contributed by atoms with Crippen LogP contribution in [0.2, 0.25) is 0 Å². The lowest BCUT2D eigenvalue weighted by Crippen LogP contribution is -2.35. The van der Waals surface area contributed by atoms with Crippen molar-refractivity contribution >= 4 is 6.09 Å². The molecule has 0 atom stereocenters. The summed E-state index contributed by atoms with van der Waals surface area (Å²) in [5.41, 5.74) is -2.16. The molecule has 0 saturated heterocycles. The molecule has 0 bridgehead atoms. The number of nitrogens with one attached hydrogen (secondary N) is 1. The van der Waals surface area contributed by atoms with Gasteiger partial charge in [-0.05, 0) is 6.42 Å². The zero-order valence-corrected chi connectivity index (χ0v) is 12.2. The standard InChI is InChI=1S/C14H21FN2O4/c1-2-3-4-5-6-7-8-9-21-14(20)17-10-11(15)12(18)16-13(17)19/h10H,2-9H2,1H3,(H,16,18,19). The summed E-state index contributed by atoms with van der Waals surface area (Å²) in [6.45, 7) is 2.32. The normalized spacial score (nSPS) is 10.6. The number of rotatable bonds is 8. The van der Waals surface area contributed by atoms with Crippen molar-refractivity contribution in [3.8, 4) is 0 Å². The third-order valence-electron chi connectivity index (χ3n) is 3.07. The van der Waals surface area contributed by atoms with Gasteiger partial charge in [-0.15, -0.1) is 0 Å². The van der Waals surface area contributed by atoms with Crippen molar-refractivity contribution in [3.05, 3.63) is 32.9 Å². The van der Waals surface area contributed by atoms with Gasteiger partial charge in [0, 0.05) is 0 Å². The van der Waals surface area contributed by atoms with Gasteiger partial charge in [-0.25, -0.2) is 14.2 Å². The fourth-order valence-electron chi connectivity index (χ4n) is 1.87. The maximum atomic E-state index is 13.0. The molecule has 0 radical (unpaired) electrons. The molecule has 0 fully saturated rings. The van der Waals surface area contributed by atoms with Crippen LogP contribution in [0.1, 0.15) is 51.9 Å². The van der Waals surface area contributed by atoms with E-state index in [2.05, 4.69) is 6.92 Å². The number of carbonyl (C=O) groups is 1. The van der Waals surface area contributed by atoms with Crippen molar-refractivity contribution in [2.45, 2.75) is 51.9 Å². The number of nitrogens with zero attached hydrogens (tertiary/aromatic N) is 1. The summed E-state index contributed by atoms with van der Waals surface area (Å²) in [5.74, 6) is -1.21. The molecule has 1 rings (SSSR count). The van der Waals surface area contributed by atoms with E-state index in [1.54, 1.807) is 4.98 Å². The van der Waals surface area contributed by atoms with Gasteiger partial charge >= 0.3 is 11.8 Å². The Balaban J connectivity index is 2.30. The number of unbranched alkanes of at least 4 members (excludes halogenated alkanes) is 6. The van der Waals surface area contributed by atoms with Crippen LogP contribution in [0.25, 0.3) is 0 Å². The highest BCUT2D eigenvalue weighted by molar-refractivity contribution is 5.69. The van der Waals surface area contributed by atoms with Gasteiger partial charge in [-0.3, -0.25) is 9.78 Å². The summed E-state index contributed by atoms with van der Waals surface area (Å²) in [5, 5.41) is 0. The fourth-order valence-corrected chi connectivity index (χ4v) is 1.87. The number of hydrogen-bond donors (Lipinski definition) is 1. The lowest BCUT2D eigenvalue weighted by atomic mass is 10.1. The molecule has 0 aliphatic heterocycles. The SMILES string of the molecule is CCCCCCCCCOC(=O)n1cc(F)c(=O)[nH]c1=O. The number of aromatic amines is 1. The Bertz CT molecular complexity index is 565. The summed E-state index contributed by atoms with van der Waals surface area (Å²) in [7, 11) is 0. The van der Waals surface area contributed by atoms with E-state index < -0.39 is 23.2 Å². The van der Waals surface area contributed by atoms with Crippen molar-refractivity contribution in [2.75, 3.05) is 6.61 Å². The molecule has 1 aromatic heterocycles. The molecule has 0 aromatic carbocycles. The predicted molar refractivity (Wildman–Crippen MR) is 76.0 cm³/mol. The smallest absolute Gasteiger partial charge is 0.422 e. The van der Waals surface area contributed by atoms with Crippen molar-refractivity contribution in [1.29, 1.82) is 0 Å². The first-order valence-electron chi connectivity index (χ1n) is 7.25. The summed E-state index contributed by atoms with van der Waals surface area (Å²) >= 11 is 0. The van der Waals surface area contributed by atoms with Crippen molar-refractivity contribution in [1.82, 2.24) is 9.55 Å². The zero-order chi connectivity index (χ0) is 15.7. The van der Waals surface area contributed by atoms with E-state index in [0.29, 0.717) is 17.2 Å². The zero-order valence-electron chi connectivity index (χ0n) is 12.2. The first kappa shape index (κ1) is 17.1. The van der Waals surface area contributed by atoms with Gasteiger partial charge in [-0.2, -0.15) is 4.39 Å². The molecule has 1 aromatic rings. The van der Waals surface area contributed by atoms with Gasteiger partial charge in [0.05, 0.1) is 12.8 Å². The number of ether oxygens (including phenoxy) is 1. The number of carbonyl (C=O) groups excluding carboxylic acids is 1. The van der Waals surface area contributed by atoms with E-state index in [9.17, 15) is 18.8 Å². The van der Waals surface area contributed by atoms with E-state index in [1.165, 1.54) is 19.3 Å². The third kappa shape index (κ3) is 5.93.